The Hall–Kier alpha value is 0.610. The van der Waals surface area contributed by atoms with Gasteiger partial charge in [-0.3, -0.25) is 9.80 Å². The fraction of sp³-hybridized carbons (Fsp3) is 1.00. The topological polar surface area (TPSA) is 9.72 Å². The Morgan fingerprint density at radius 2 is 1.50 bits per heavy atom. The number of piperidine rings is 1. The van der Waals surface area contributed by atoms with E-state index in [0.717, 1.165) is 6.04 Å². The van der Waals surface area contributed by atoms with Crippen molar-refractivity contribution in [3.63, 3.8) is 0 Å². The van der Waals surface area contributed by atoms with E-state index >= 15 is 0 Å². The second-order valence-corrected chi connectivity index (χ2v) is 6.82. The lowest BCUT2D eigenvalue weighted by molar-refractivity contribution is 0.0216. The molecule has 2 fully saturated rings. The fourth-order valence-electron chi connectivity index (χ4n) is 2.94. The van der Waals surface area contributed by atoms with Crippen LogP contribution in [0.1, 0.15) is 26.7 Å². The van der Waals surface area contributed by atoms with Crippen LogP contribution in [-0.2, 0) is 0 Å². The summed E-state index contributed by atoms with van der Waals surface area (Å²) in [4.78, 5) is 5.25. The van der Waals surface area contributed by atoms with Gasteiger partial charge in [0.05, 0.1) is 0 Å². The number of hydrogen-bond donors (Lipinski definition) is 0. The molecule has 0 aromatic carbocycles. The number of rotatable bonds is 1. The lowest BCUT2D eigenvalue weighted by Crippen LogP contribution is -2.58. The Bertz CT molecular complexity index is 216. The standard InChI is InChI=1S/C12H24IN3/c1-10-8-15(9-11(2)14(10)3)12-4-6-16(13)7-5-12/h10-12H,4-9H2,1-3H3. The van der Waals surface area contributed by atoms with E-state index in [1.54, 1.807) is 0 Å². The van der Waals surface area contributed by atoms with Gasteiger partial charge in [-0.1, -0.05) is 0 Å². The quantitative estimate of drug-likeness (QED) is 0.534. The molecule has 3 nitrogen and oxygen atoms in total. The van der Waals surface area contributed by atoms with Crippen molar-refractivity contribution in [2.75, 3.05) is 33.2 Å². The lowest BCUT2D eigenvalue weighted by Gasteiger charge is -2.47. The molecule has 0 aromatic rings. The van der Waals surface area contributed by atoms with Crippen LogP contribution in [0.25, 0.3) is 0 Å². The maximum atomic E-state index is 2.74. The number of halogens is 1. The average Bonchev–Trinajstić information content (AvgIpc) is 2.26. The first-order valence-electron chi connectivity index (χ1n) is 6.44. The van der Waals surface area contributed by atoms with Crippen molar-refractivity contribution < 1.29 is 0 Å². The normalized spacial score (nSPS) is 36.8. The molecule has 2 rings (SSSR count). The van der Waals surface area contributed by atoms with E-state index in [1.165, 1.54) is 39.0 Å². The molecule has 0 amide bonds. The molecule has 0 spiro atoms. The monoisotopic (exact) mass is 337 g/mol. The van der Waals surface area contributed by atoms with Crippen LogP contribution < -0.4 is 0 Å². The molecule has 2 aliphatic rings. The second-order valence-electron chi connectivity index (χ2n) is 5.46. The zero-order chi connectivity index (χ0) is 11.7. The lowest BCUT2D eigenvalue weighted by atomic mass is 10.0. The molecule has 0 bridgehead atoms. The van der Waals surface area contributed by atoms with Gasteiger partial charge in [0.2, 0.25) is 0 Å². The summed E-state index contributed by atoms with van der Waals surface area (Å²) in [6, 6.07) is 2.26. The van der Waals surface area contributed by atoms with Gasteiger partial charge in [0.25, 0.3) is 0 Å². The molecule has 2 heterocycles. The van der Waals surface area contributed by atoms with E-state index in [1.807, 2.05) is 0 Å². The van der Waals surface area contributed by atoms with Gasteiger partial charge in [0, 0.05) is 67.2 Å². The van der Waals surface area contributed by atoms with Gasteiger partial charge in [0.1, 0.15) is 0 Å². The maximum absolute atomic E-state index is 2.74. The third kappa shape index (κ3) is 2.89. The van der Waals surface area contributed by atoms with E-state index in [9.17, 15) is 0 Å². The summed E-state index contributed by atoms with van der Waals surface area (Å²) < 4.78 is 2.43. The largest absolute Gasteiger partial charge is 0.298 e. The molecular formula is C12H24IN3. The number of hydrogen-bond acceptors (Lipinski definition) is 3. The first kappa shape index (κ1) is 13.1. The van der Waals surface area contributed by atoms with E-state index < -0.39 is 0 Å². The van der Waals surface area contributed by atoms with E-state index in [4.69, 9.17) is 0 Å². The number of piperazine rings is 1. The van der Waals surface area contributed by atoms with Crippen molar-refractivity contribution in [2.24, 2.45) is 0 Å². The molecule has 0 aromatic heterocycles. The summed E-state index contributed by atoms with van der Waals surface area (Å²) in [5.74, 6) is 0. The minimum atomic E-state index is 0.710. The van der Waals surface area contributed by atoms with Crippen LogP contribution in [0.5, 0.6) is 0 Å². The first-order chi connectivity index (χ1) is 7.58. The molecule has 2 atom stereocenters. The Labute approximate surface area is 114 Å². The summed E-state index contributed by atoms with van der Waals surface area (Å²) in [7, 11) is 2.26. The molecular weight excluding hydrogens is 313 g/mol. The maximum Gasteiger partial charge on any atom is 0.0201 e. The highest BCUT2D eigenvalue weighted by molar-refractivity contribution is 14.1. The molecule has 0 radical (unpaired) electrons. The minimum Gasteiger partial charge on any atom is -0.298 e. The Morgan fingerprint density at radius 3 is 2.00 bits per heavy atom. The summed E-state index contributed by atoms with van der Waals surface area (Å²) in [5, 5.41) is 0. The fourth-order valence-corrected chi connectivity index (χ4v) is 3.50. The van der Waals surface area contributed by atoms with Crippen molar-refractivity contribution in [3.05, 3.63) is 0 Å². The molecule has 2 aliphatic heterocycles. The van der Waals surface area contributed by atoms with Gasteiger partial charge in [-0.15, -0.1) is 0 Å². The van der Waals surface area contributed by atoms with Crippen LogP contribution in [0.4, 0.5) is 0 Å². The van der Waals surface area contributed by atoms with Crippen molar-refractivity contribution in [1.82, 2.24) is 12.9 Å². The number of nitrogens with zero attached hydrogens (tertiary/aromatic N) is 3. The first-order valence-corrected chi connectivity index (χ1v) is 7.41. The summed E-state index contributed by atoms with van der Waals surface area (Å²) in [6.45, 7) is 9.76. The molecule has 2 saturated heterocycles. The highest BCUT2D eigenvalue weighted by Crippen LogP contribution is 2.23. The van der Waals surface area contributed by atoms with Gasteiger partial charge in [-0.25, -0.2) is 3.11 Å². The zero-order valence-corrected chi connectivity index (χ0v) is 12.9. The van der Waals surface area contributed by atoms with Gasteiger partial charge in [0.15, 0.2) is 0 Å². The molecule has 16 heavy (non-hydrogen) atoms. The SMILES string of the molecule is CC1CN(C2CCN(I)CC2)CC(C)N1C. The molecule has 0 saturated carbocycles. The molecule has 94 valence electrons. The smallest absolute Gasteiger partial charge is 0.0201 e. The molecule has 0 N–H and O–H groups in total. The van der Waals surface area contributed by atoms with E-state index in [0.29, 0.717) is 12.1 Å². The van der Waals surface area contributed by atoms with E-state index in [2.05, 4.69) is 56.7 Å². The van der Waals surface area contributed by atoms with Gasteiger partial charge >= 0.3 is 0 Å². The van der Waals surface area contributed by atoms with Crippen LogP contribution in [0.15, 0.2) is 0 Å². The summed E-state index contributed by atoms with van der Waals surface area (Å²) in [6.07, 6.45) is 2.71. The minimum absolute atomic E-state index is 0.710. The second kappa shape index (κ2) is 5.50. The van der Waals surface area contributed by atoms with E-state index in [-0.39, 0.29) is 0 Å². The zero-order valence-electron chi connectivity index (χ0n) is 10.7. The Morgan fingerprint density at radius 1 is 1.00 bits per heavy atom. The van der Waals surface area contributed by atoms with Crippen LogP contribution in [0, 0.1) is 0 Å². The number of likely N-dealkylation sites (N-methyl/N-ethyl adjacent to an activating group) is 1. The highest BCUT2D eigenvalue weighted by Gasteiger charge is 2.31. The van der Waals surface area contributed by atoms with Gasteiger partial charge in [-0.2, -0.15) is 0 Å². The third-order valence-corrected chi connectivity index (χ3v) is 5.28. The van der Waals surface area contributed by atoms with Crippen LogP contribution in [-0.4, -0.2) is 64.3 Å². The molecule has 0 aliphatic carbocycles. The average molecular weight is 337 g/mol. The van der Waals surface area contributed by atoms with Crippen molar-refractivity contribution in [3.8, 4) is 0 Å². The predicted molar refractivity (Wildman–Crippen MR) is 76.9 cm³/mol. The third-order valence-electron chi connectivity index (χ3n) is 4.31. The van der Waals surface area contributed by atoms with Gasteiger partial charge in [-0.05, 0) is 33.7 Å². The van der Waals surface area contributed by atoms with Crippen LogP contribution in [0.2, 0.25) is 0 Å². The molecule has 2 unspecified atom stereocenters. The Kier molecular flexibility index (Phi) is 4.49. The summed E-state index contributed by atoms with van der Waals surface area (Å²) >= 11 is 2.46. The summed E-state index contributed by atoms with van der Waals surface area (Å²) in [5.41, 5.74) is 0. The molecule has 4 heteroatoms. The highest BCUT2D eigenvalue weighted by atomic mass is 127. The van der Waals surface area contributed by atoms with Crippen LogP contribution >= 0.6 is 22.9 Å². The van der Waals surface area contributed by atoms with Crippen molar-refractivity contribution >= 4 is 22.9 Å². The van der Waals surface area contributed by atoms with Crippen molar-refractivity contribution in [1.29, 1.82) is 0 Å². The predicted octanol–water partition coefficient (Wildman–Crippen LogP) is 1.83. The van der Waals surface area contributed by atoms with Crippen molar-refractivity contribution in [2.45, 2.75) is 44.8 Å². The Balaban J connectivity index is 1.90. The van der Waals surface area contributed by atoms with Crippen LogP contribution in [0.3, 0.4) is 0 Å². The van der Waals surface area contributed by atoms with Gasteiger partial charge < -0.3 is 0 Å².